The van der Waals surface area contributed by atoms with E-state index in [9.17, 15) is 9.59 Å². The molecule has 0 fully saturated rings. The van der Waals surface area contributed by atoms with Crippen molar-refractivity contribution in [3.63, 3.8) is 0 Å². The number of halogens is 1. The predicted octanol–water partition coefficient (Wildman–Crippen LogP) is 4.68. The highest BCUT2D eigenvalue weighted by Crippen LogP contribution is 2.31. The Kier molecular flexibility index (Phi) is 3.79. The molecule has 7 heteroatoms. The van der Waals surface area contributed by atoms with E-state index in [4.69, 9.17) is 5.11 Å². The van der Waals surface area contributed by atoms with Gasteiger partial charge in [0.05, 0.1) is 16.1 Å². The van der Waals surface area contributed by atoms with Crippen molar-refractivity contribution < 1.29 is 14.7 Å². The molecule has 0 unspecified atom stereocenters. The molecule has 2 N–H and O–H groups in total. The predicted molar refractivity (Wildman–Crippen MR) is 88.8 cm³/mol. The van der Waals surface area contributed by atoms with Crippen LogP contribution in [0.2, 0.25) is 0 Å². The number of hydrogen-bond donors (Lipinski definition) is 2. The van der Waals surface area contributed by atoms with Gasteiger partial charge in [-0.25, -0.2) is 4.79 Å². The molecule has 0 saturated carbocycles. The van der Waals surface area contributed by atoms with Gasteiger partial charge in [0.25, 0.3) is 5.91 Å². The second-order valence-corrected chi connectivity index (χ2v) is 7.10. The quantitative estimate of drug-likeness (QED) is 0.692. The fourth-order valence-corrected chi connectivity index (χ4v) is 4.17. The zero-order valence-corrected chi connectivity index (χ0v) is 13.6. The molecular formula is C14H8BrNO3S2. The number of amides is 1. The molecule has 0 aliphatic carbocycles. The number of aromatic carboxylic acids is 1. The van der Waals surface area contributed by atoms with E-state index in [1.807, 2.05) is 17.5 Å². The molecule has 2 aromatic heterocycles. The molecule has 21 heavy (non-hydrogen) atoms. The van der Waals surface area contributed by atoms with E-state index in [1.165, 1.54) is 23.5 Å². The van der Waals surface area contributed by atoms with E-state index >= 15 is 0 Å². The minimum absolute atomic E-state index is 0.126. The topological polar surface area (TPSA) is 66.4 Å². The van der Waals surface area contributed by atoms with E-state index in [1.54, 1.807) is 17.4 Å². The maximum atomic E-state index is 12.3. The molecule has 106 valence electrons. The fourth-order valence-electron chi connectivity index (χ4n) is 1.82. The molecule has 1 aromatic carbocycles. The van der Waals surface area contributed by atoms with Crippen molar-refractivity contribution in [3.05, 3.63) is 50.6 Å². The van der Waals surface area contributed by atoms with Crippen molar-refractivity contribution in [2.45, 2.75) is 0 Å². The van der Waals surface area contributed by atoms with Gasteiger partial charge >= 0.3 is 5.97 Å². The maximum Gasteiger partial charge on any atom is 0.335 e. The molecule has 0 aliphatic heterocycles. The van der Waals surface area contributed by atoms with Crippen molar-refractivity contribution in [1.82, 2.24) is 0 Å². The normalized spacial score (nSPS) is 10.7. The summed E-state index contributed by atoms with van der Waals surface area (Å²) in [5, 5.41) is 13.7. The van der Waals surface area contributed by atoms with Gasteiger partial charge < -0.3 is 10.4 Å². The number of carbonyl (C=O) groups excluding carboxylic acids is 1. The highest BCUT2D eigenvalue weighted by molar-refractivity contribution is 9.10. The van der Waals surface area contributed by atoms with Crippen molar-refractivity contribution in [3.8, 4) is 0 Å². The van der Waals surface area contributed by atoms with Crippen LogP contribution in [0.4, 0.5) is 5.69 Å². The molecule has 0 bridgehead atoms. The first-order chi connectivity index (χ1) is 10.0. The van der Waals surface area contributed by atoms with Crippen LogP contribution in [0.3, 0.4) is 0 Å². The first-order valence-electron chi connectivity index (χ1n) is 5.86. The van der Waals surface area contributed by atoms with Gasteiger partial charge in [-0.3, -0.25) is 4.79 Å². The standard InChI is InChI=1S/C14H8BrNO3S2/c15-8-2-1-7(14(18)19)5-9(8)16-13(17)12-6-11-10(21-12)3-4-20-11/h1-6H,(H,16,17)(H,18,19). The van der Waals surface area contributed by atoms with Gasteiger partial charge in [0.2, 0.25) is 0 Å². The summed E-state index contributed by atoms with van der Waals surface area (Å²) in [5.41, 5.74) is 0.567. The summed E-state index contributed by atoms with van der Waals surface area (Å²) in [6.45, 7) is 0. The minimum Gasteiger partial charge on any atom is -0.478 e. The van der Waals surface area contributed by atoms with Crippen LogP contribution in [0, 0.1) is 0 Å². The molecule has 0 spiro atoms. The largest absolute Gasteiger partial charge is 0.478 e. The van der Waals surface area contributed by atoms with Crippen LogP contribution >= 0.6 is 38.6 Å². The Hall–Kier alpha value is -1.70. The number of carboxylic acids is 1. The number of anilines is 1. The molecule has 3 rings (SSSR count). The number of nitrogens with one attached hydrogen (secondary N) is 1. The van der Waals surface area contributed by atoms with Gasteiger partial charge in [0, 0.05) is 13.9 Å². The lowest BCUT2D eigenvalue weighted by Gasteiger charge is -2.07. The lowest BCUT2D eigenvalue weighted by molar-refractivity contribution is 0.0696. The Morgan fingerprint density at radius 3 is 2.67 bits per heavy atom. The number of carbonyl (C=O) groups is 2. The van der Waals surface area contributed by atoms with Crippen LogP contribution in [0.25, 0.3) is 9.40 Å². The Morgan fingerprint density at radius 2 is 1.95 bits per heavy atom. The molecular weight excluding hydrogens is 374 g/mol. The Bertz CT molecular complexity index is 824. The second kappa shape index (κ2) is 5.59. The van der Waals surface area contributed by atoms with Crippen LogP contribution in [0.1, 0.15) is 20.0 Å². The third kappa shape index (κ3) is 2.85. The molecule has 4 nitrogen and oxygen atoms in total. The number of carboxylic acid groups (broad SMARTS) is 1. The van der Waals surface area contributed by atoms with Crippen LogP contribution in [0.15, 0.2) is 40.2 Å². The van der Waals surface area contributed by atoms with Crippen molar-refractivity contribution in [1.29, 1.82) is 0 Å². The Labute approximate surface area is 136 Å². The van der Waals surface area contributed by atoms with Crippen LogP contribution in [-0.4, -0.2) is 17.0 Å². The van der Waals surface area contributed by atoms with E-state index in [0.717, 1.165) is 9.40 Å². The monoisotopic (exact) mass is 381 g/mol. The highest BCUT2D eigenvalue weighted by Gasteiger charge is 2.14. The Balaban J connectivity index is 1.88. The SMILES string of the molecule is O=C(O)c1ccc(Br)c(NC(=O)c2cc3sccc3s2)c1. The number of fused-ring (bicyclic) bond motifs is 1. The lowest BCUT2D eigenvalue weighted by atomic mass is 10.2. The van der Waals surface area contributed by atoms with Gasteiger partial charge in [0.1, 0.15) is 0 Å². The van der Waals surface area contributed by atoms with Gasteiger partial charge in [-0.15, -0.1) is 22.7 Å². The van der Waals surface area contributed by atoms with E-state index < -0.39 is 5.97 Å². The molecule has 1 amide bonds. The highest BCUT2D eigenvalue weighted by atomic mass is 79.9. The number of hydrogen-bond acceptors (Lipinski definition) is 4. The fraction of sp³-hybridized carbons (Fsp3) is 0. The van der Waals surface area contributed by atoms with E-state index in [-0.39, 0.29) is 11.5 Å². The zero-order chi connectivity index (χ0) is 15.0. The zero-order valence-electron chi connectivity index (χ0n) is 10.4. The molecule has 0 aliphatic rings. The average Bonchev–Trinajstić information content (AvgIpc) is 3.01. The first-order valence-corrected chi connectivity index (χ1v) is 8.35. The average molecular weight is 382 g/mol. The number of thiophene rings is 2. The van der Waals surface area contributed by atoms with Gasteiger partial charge in [0.15, 0.2) is 0 Å². The number of rotatable bonds is 3. The smallest absolute Gasteiger partial charge is 0.335 e. The summed E-state index contributed by atoms with van der Waals surface area (Å²) < 4.78 is 2.78. The van der Waals surface area contributed by atoms with Crippen molar-refractivity contribution in [2.24, 2.45) is 0 Å². The van der Waals surface area contributed by atoms with E-state index in [2.05, 4.69) is 21.2 Å². The summed E-state index contributed by atoms with van der Waals surface area (Å²) in [5.74, 6) is -1.28. The summed E-state index contributed by atoms with van der Waals surface area (Å²) in [6.07, 6.45) is 0. The van der Waals surface area contributed by atoms with Gasteiger partial charge in [-0.05, 0) is 51.6 Å². The van der Waals surface area contributed by atoms with E-state index in [0.29, 0.717) is 15.0 Å². The summed E-state index contributed by atoms with van der Waals surface area (Å²) in [4.78, 5) is 23.8. The van der Waals surface area contributed by atoms with Crippen LogP contribution in [-0.2, 0) is 0 Å². The van der Waals surface area contributed by atoms with Crippen molar-refractivity contribution in [2.75, 3.05) is 5.32 Å². The van der Waals surface area contributed by atoms with Gasteiger partial charge in [-0.1, -0.05) is 0 Å². The van der Waals surface area contributed by atoms with Gasteiger partial charge in [-0.2, -0.15) is 0 Å². The Morgan fingerprint density at radius 1 is 1.14 bits per heavy atom. The summed E-state index contributed by atoms with van der Waals surface area (Å²) in [6, 6.07) is 8.33. The first kappa shape index (κ1) is 14.2. The lowest BCUT2D eigenvalue weighted by Crippen LogP contribution is -2.11. The second-order valence-electron chi connectivity index (χ2n) is 4.21. The van der Waals surface area contributed by atoms with Crippen LogP contribution < -0.4 is 5.32 Å². The molecule has 2 heterocycles. The number of benzene rings is 1. The molecule has 3 aromatic rings. The maximum absolute atomic E-state index is 12.3. The third-order valence-electron chi connectivity index (χ3n) is 2.82. The minimum atomic E-state index is -1.03. The molecule has 0 radical (unpaired) electrons. The van der Waals surface area contributed by atoms with Crippen LogP contribution in [0.5, 0.6) is 0 Å². The summed E-state index contributed by atoms with van der Waals surface area (Å²) >= 11 is 6.30. The third-order valence-corrected chi connectivity index (χ3v) is 5.61. The molecule has 0 atom stereocenters. The molecule has 0 saturated heterocycles. The summed E-state index contributed by atoms with van der Waals surface area (Å²) in [7, 11) is 0. The van der Waals surface area contributed by atoms with Crippen molar-refractivity contribution >= 4 is 65.6 Å².